The molecule has 1 aromatic rings. The van der Waals surface area contributed by atoms with Gasteiger partial charge in [0.1, 0.15) is 0 Å². The summed E-state index contributed by atoms with van der Waals surface area (Å²) in [4.78, 5) is 0. The van der Waals surface area contributed by atoms with E-state index in [-0.39, 0.29) is 0 Å². The minimum absolute atomic E-state index is 0.663. The van der Waals surface area contributed by atoms with Gasteiger partial charge in [0.05, 0.1) is 6.61 Å². The summed E-state index contributed by atoms with van der Waals surface area (Å²) in [5, 5.41) is 4.41. The minimum atomic E-state index is 0.663. The van der Waals surface area contributed by atoms with E-state index in [2.05, 4.69) is 48.3 Å². The molecule has 1 N–H and O–H groups in total. The lowest BCUT2D eigenvalue weighted by Gasteiger charge is -2.17. The standard InChI is InChI=1S/C14H21NOS/c1-11-14(7-8-17-11)15-9-12-5-3-4-6-13(12)10-16-2/h3-6,11,14-15H,7-10H2,1-2H3. The van der Waals surface area contributed by atoms with E-state index in [1.54, 1.807) is 7.11 Å². The molecule has 2 nitrogen and oxygen atoms in total. The van der Waals surface area contributed by atoms with Crippen molar-refractivity contribution in [1.82, 2.24) is 5.32 Å². The largest absolute Gasteiger partial charge is 0.380 e. The van der Waals surface area contributed by atoms with Crippen LogP contribution >= 0.6 is 11.8 Å². The van der Waals surface area contributed by atoms with Gasteiger partial charge in [-0.15, -0.1) is 0 Å². The second kappa shape index (κ2) is 6.43. The van der Waals surface area contributed by atoms with Crippen LogP contribution in [0.15, 0.2) is 24.3 Å². The van der Waals surface area contributed by atoms with E-state index in [1.165, 1.54) is 23.3 Å². The van der Waals surface area contributed by atoms with Crippen molar-refractivity contribution in [2.24, 2.45) is 0 Å². The molecule has 2 unspecified atom stereocenters. The molecule has 1 fully saturated rings. The summed E-state index contributed by atoms with van der Waals surface area (Å²) in [5.41, 5.74) is 2.65. The Morgan fingerprint density at radius 3 is 2.76 bits per heavy atom. The fourth-order valence-electron chi connectivity index (χ4n) is 2.27. The van der Waals surface area contributed by atoms with Crippen LogP contribution in [0.1, 0.15) is 24.5 Å². The van der Waals surface area contributed by atoms with Gasteiger partial charge in [0.25, 0.3) is 0 Å². The highest BCUT2D eigenvalue weighted by Gasteiger charge is 2.23. The molecule has 0 radical (unpaired) electrons. The van der Waals surface area contributed by atoms with Gasteiger partial charge < -0.3 is 10.1 Å². The van der Waals surface area contributed by atoms with E-state index in [4.69, 9.17) is 4.74 Å². The van der Waals surface area contributed by atoms with Crippen molar-refractivity contribution in [3.63, 3.8) is 0 Å². The first-order valence-electron chi connectivity index (χ1n) is 6.22. The quantitative estimate of drug-likeness (QED) is 0.869. The van der Waals surface area contributed by atoms with Gasteiger partial charge >= 0.3 is 0 Å². The van der Waals surface area contributed by atoms with Crippen molar-refractivity contribution in [2.75, 3.05) is 12.9 Å². The summed E-state index contributed by atoms with van der Waals surface area (Å²) in [6.45, 7) is 3.97. The first kappa shape index (κ1) is 12.9. The highest BCUT2D eigenvalue weighted by molar-refractivity contribution is 8.00. The molecule has 17 heavy (non-hydrogen) atoms. The third kappa shape index (κ3) is 3.47. The summed E-state index contributed by atoms with van der Waals surface area (Å²) < 4.78 is 5.23. The Kier molecular flexibility index (Phi) is 4.89. The number of ether oxygens (including phenoxy) is 1. The van der Waals surface area contributed by atoms with Crippen molar-refractivity contribution in [1.29, 1.82) is 0 Å². The Labute approximate surface area is 108 Å². The fourth-order valence-corrected chi connectivity index (χ4v) is 3.49. The Balaban J connectivity index is 1.93. The molecule has 94 valence electrons. The van der Waals surface area contributed by atoms with Crippen LogP contribution in [0.25, 0.3) is 0 Å². The predicted octanol–water partition coefficient (Wildman–Crippen LogP) is 2.82. The SMILES string of the molecule is COCc1ccccc1CNC1CCSC1C. The van der Waals surface area contributed by atoms with Crippen LogP contribution in [0.2, 0.25) is 0 Å². The van der Waals surface area contributed by atoms with Gasteiger partial charge in [-0.3, -0.25) is 0 Å². The van der Waals surface area contributed by atoms with Gasteiger partial charge in [-0.1, -0.05) is 31.2 Å². The second-order valence-electron chi connectivity index (χ2n) is 4.55. The lowest BCUT2D eigenvalue weighted by Crippen LogP contribution is -2.33. The van der Waals surface area contributed by atoms with Gasteiger partial charge in [-0.05, 0) is 23.3 Å². The zero-order valence-corrected chi connectivity index (χ0v) is 11.4. The molecule has 1 aromatic carbocycles. The molecule has 1 aliphatic heterocycles. The molecule has 1 aliphatic rings. The van der Waals surface area contributed by atoms with Gasteiger partial charge in [-0.2, -0.15) is 11.8 Å². The van der Waals surface area contributed by atoms with E-state index in [9.17, 15) is 0 Å². The Morgan fingerprint density at radius 1 is 1.35 bits per heavy atom. The molecule has 1 saturated heterocycles. The maximum Gasteiger partial charge on any atom is 0.0716 e. The van der Waals surface area contributed by atoms with Gasteiger partial charge in [0.15, 0.2) is 0 Å². The molecule has 1 heterocycles. The first-order valence-corrected chi connectivity index (χ1v) is 7.27. The summed E-state index contributed by atoms with van der Waals surface area (Å²) in [5.74, 6) is 1.29. The van der Waals surface area contributed by atoms with Crippen molar-refractivity contribution in [2.45, 2.75) is 37.8 Å². The maximum atomic E-state index is 5.23. The average Bonchev–Trinajstić information content (AvgIpc) is 2.74. The summed E-state index contributed by atoms with van der Waals surface area (Å²) in [7, 11) is 1.75. The van der Waals surface area contributed by atoms with Crippen LogP contribution in [-0.2, 0) is 17.9 Å². The summed E-state index contributed by atoms with van der Waals surface area (Å²) in [6, 6.07) is 9.17. The molecule has 2 atom stereocenters. The topological polar surface area (TPSA) is 21.3 Å². The Bertz CT molecular complexity index is 356. The van der Waals surface area contributed by atoms with E-state index in [1.807, 2.05) is 0 Å². The molecule has 0 saturated carbocycles. The molecule has 0 aliphatic carbocycles. The van der Waals surface area contributed by atoms with Crippen molar-refractivity contribution < 1.29 is 4.74 Å². The van der Waals surface area contributed by atoms with Crippen molar-refractivity contribution >= 4 is 11.8 Å². The number of benzene rings is 1. The van der Waals surface area contributed by atoms with Crippen LogP contribution in [0, 0.1) is 0 Å². The van der Waals surface area contributed by atoms with Gasteiger partial charge in [0, 0.05) is 24.9 Å². The van der Waals surface area contributed by atoms with Crippen molar-refractivity contribution in [3.05, 3.63) is 35.4 Å². The number of methoxy groups -OCH3 is 1. The number of hydrogen-bond donors (Lipinski definition) is 1. The number of thioether (sulfide) groups is 1. The van der Waals surface area contributed by atoms with Crippen LogP contribution in [-0.4, -0.2) is 24.2 Å². The minimum Gasteiger partial charge on any atom is -0.380 e. The monoisotopic (exact) mass is 251 g/mol. The Morgan fingerprint density at radius 2 is 2.12 bits per heavy atom. The fraction of sp³-hybridized carbons (Fsp3) is 0.571. The molecule has 0 spiro atoms. The molecule has 0 aromatic heterocycles. The summed E-state index contributed by atoms with van der Waals surface area (Å²) in [6.07, 6.45) is 1.29. The van der Waals surface area contributed by atoms with Crippen LogP contribution < -0.4 is 5.32 Å². The Hall–Kier alpha value is -0.510. The third-order valence-corrected chi connectivity index (χ3v) is 4.67. The molecule has 3 heteroatoms. The second-order valence-corrected chi connectivity index (χ2v) is 6.04. The maximum absolute atomic E-state index is 5.23. The highest BCUT2D eigenvalue weighted by Crippen LogP contribution is 2.26. The van der Waals surface area contributed by atoms with E-state index in [0.717, 1.165) is 11.8 Å². The molecular formula is C14H21NOS. The zero-order valence-electron chi connectivity index (χ0n) is 10.6. The van der Waals surface area contributed by atoms with Gasteiger partial charge in [-0.25, -0.2) is 0 Å². The van der Waals surface area contributed by atoms with E-state index < -0.39 is 0 Å². The van der Waals surface area contributed by atoms with Crippen LogP contribution in [0.3, 0.4) is 0 Å². The average molecular weight is 251 g/mol. The zero-order chi connectivity index (χ0) is 12.1. The van der Waals surface area contributed by atoms with Crippen LogP contribution in [0.5, 0.6) is 0 Å². The lowest BCUT2D eigenvalue weighted by molar-refractivity contribution is 0.184. The molecule has 0 bridgehead atoms. The van der Waals surface area contributed by atoms with Crippen LogP contribution in [0.4, 0.5) is 0 Å². The number of rotatable bonds is 5. The highest BCUT2D eigenvalue weighted by atomic mass is 32.2. The normalized spacial score (nSPS) is 24.1. The molecular weight excluding hydrogens is 230 g/mol. The molecule has 2 rings (SSSR count). The number of hydrogen-bond acceptors (Lipinski definition) is 3. The van der Waals surface area contributed by atoms with E-state index >= 15 is 0 Å². The smallest absolute Gasteiger partial charge is 0.0716 e. The van der Waals surface area contributed by atoms with Gasteiger partial charge in [0.2, 0.25) is 0 Å². The third-order valence-electron chi connectivity index (χ3n) is 3.35. The summed E-state index contributed by atoms with van der Waals surface area (Å²) >= 11 is 2.07. The lowest BCUT2D eigenvalue weighted by atomic mass is 10.1. The first-order chi connectivity index (χ1) is 8.31. The number of nitrogens with one attached hydrogen (secondary N) is 1. The molecule has 0 amide bonds. The predicted molar refractivity (Wildman–Crippen MR) is 74.3 cm³/mol. The van der Waals surface area contributed by atoms with E-state index in [0.29, 0.717) is 12.6 Å². The van der Waals surface area contributed by atoms with Crippen molar-refractivity contribution in [3.8, 4) is 0 Å².